The summed E-state index contributed by atoms with van der Waals surface area (Å²) in [6.45, 7) is 4.71. The van der Waals surface area contributed by atoms with Crippen molar-refractivity contribution in [1.29, 1.82) is 0 Å². The van der Waals surface area contributed by atoms with Crippen molar-refractivity contribution >= 4 is 22.9 Å². The molecule has 3 aromatic heterocycles. The van der Waals surface area contributed by atoms with Crippen molar-refractivity contribution in [3.8, 4) is 5.88 Å². The van der Waals surface area contributed by atoms with E-state index in [1.54, 1.807) is 36.7 Å². The van der Waals surface area contributed by atoms with Gasteiger partial charge < -0.3 is 9.72 Å². The third-order valence-electron chi connectivity index (χ3n) is 3.35. The number of pyridine rings is 1. The molecule has 0 amide bonds. The van der Waals surface area contributed by atoms with Gasteiger partial charge in [0.05, 0.1) is 12.0 Å². The van der Waals surface area contributed by atoms with Crippen molar-refractivity contribution in [1.82, 2.24) is 19.9 Å². The first-order valence-electron chi connectivity index (χ1n) is 7.73. The summed E-state index contributed by atoms with van der Waals surface area (Å²) >= 11 is 0. The normalized spacial score (nSPS) is 11.5. The highest BCUT2D eigenvalue weighted by Gasteiger charge is 2.12. The highest BCUT2D eigenvalue weighted by molar-refractivity contribution is 6.06. The van der Waals surface area contributed by atoms with Crippen LogP contribution >= 0.6 is 0 Å². The van der Waals surface area contributed by atoms with Crippen LogP contribution in [0.1, 0.15) is 29.9 Å². The Morgan fingerprint density at radius 2 is 2.17 bits per heavy atom. The minimum absolute atomic E-state index is 0.161. The van der Waals surface area contributed by atoms with Crippen LogP contribution in [0.25, 0.3) is 17.1 Å². The summed E-state index contributed by atoms with van der Waals surface area (Å²) in [6, 6.07) is 5.24. The summed E-state index contributed by atoms with van der Waals surface area (Å²) in [5.41, 5.74) is 1.88. The summed E-state index contributed by atoms with van der Waals surface area (Å²) in [7, 11) is 0. The molecule has 0 spiro atoms. The van der Waals surface area contributed by atoms with E-state index >= 15 is 0 Å². The molecule has 0 saturated carbocycles. The number of hydrogen-bond donors (Lipinski definition) is 1. The summed E-state index contributed by atoms with van der Waals surface area (Å²) in [5.74, 6) is 0.741. The number of rotatable bonds is 6. The number of nitrogens with zero attached hydrogens (tertiary/aromatic N) is 3. The summed E-state index contributed by atoms with van der Waals surface area (Å²) in [6.07, 6.45) is 8.05. The second-order valence-corrected chi connectivity index (χ2v) is 5.76. The lowest BCUT2D eigenvalue weighted by molar-refractivity contribution is 0.104. The first-order chi connectivity index (χ1) is 11.6. The lowest BCUT2D eigenvalue weighted by atomic mass is 10.1. The number of hydrogen-bond acceptors (Lipinski definition) is 5. The number of carbonyl (C=O) groups excluding carboxylic acids is 1. The van der Waals surface area contributed by atoms with E-state index in [1.165, 1.54) is 12.4 Å². The highest BCUT2D eigenvalue weighted by atomic mass is 16.5. The molecule has 0 radical (unpaired) electrons. The van der Waals surface area contributed by atoms with E-state index in [0.29, 0.717) is 29.7 Å². The Bertz CT molecular complexity index is 869. The Morgan fingerprint density at radius 1 is 1.29 bits per heavy atom. The molecule has 0 unspecified atom stereocenters. The van der Waals surface area contributed by atoms with E-state index in [1.807, 2.05) is 0 Å². The average Bonchev–Trinajstić information content (AvgIpc) is 3.02. The molecule has 6 heteroatoms. The molecule has 0 aromatic carbocycles. The number of ketones is 1. The third kappa shape index (κ3) is 3.48. The topological polar surface area (TPSA) is 80.8 Å². The van der Waals surface area contributed by atoms with Gasteiger partial charge in [0.2, 0.25) is 11.7 Å². The molecule has 122 valence electrons. The summed E-state index contributed by atoms with van der Waals surface area (Å²) in [5, 5.41) is 0.767. The zero-order chi connectivity index (χ0) is 16.9. The van der Waals surface area contributed by atoms with Crippen LogP contribution in [0.5, 0.6) is 5.88 Å². The Balaban J connectivity index is 1.89. The van der Waals surface area contributed by atoms with E-state index in [4.69, 9.17) is 4.74 Å². The van der Waals surface area contributed by atoms with E-state index < -0.39 is 0 Å². The molecule has 0 bridgehead atoms. The number of allylic oxidation sites excluding steroid dienone is 1. The van der Waals surface area contributed by atoms with Gasteiger partial charge in [-0.25, -0.2) is 9.97 Å². The molecule has 0 atom stereocenters. The van der Waals surface area contributed by atoms with Gasteiger partial charge in [0.25, 0.3) is 0 Å². The Labute approximate surface area is 139 Å². The predicted molar refractivity (Wildman–Crippen MR) is 91.8 cm³/mol. The molecule has 0 fully saturated rings. The van der Waals surface area contributed by atoms with Crippen LogP contribution in [0.2, 0.25) is 0 Å². The monoisotopic (exact) mass is 322 g/mol. The van der Waals surface area contributed by atoms with E-state index in [9.17, 15) is 4.79 Å². The minimum Gasteiger partial charge on any atom is -0.477 e. The van der Waals surface area contributed by atoms with Crippen LogP contribution < -0.4 is 4.74 Å². The molecule has 0 saturated heterocycles. The number of fused-ring (bicyclic) bond motifs is 1. The van der Waals surface area contributed by atoms with Gasteiger partial charge in [-0.1, -0.05) is 19.9 Å². The molecule has 0 aliphatic carbocycles. The smallest absolute Gasteiger partial charge is 0.226 e. The quantitative estimate of drug-likeness (QED) is 0.556. The Kier molecular flexibility index (Phi) is 4.65. The Hall–Kier alpha value is -3.02. The number of aromatic nitrogens is 4. The molecule has 24 heavy (non-hydrogen) atoms. The lowest BCUT2D eigenvalue weighted by Crippen LogP contribution is -2.06. The minimum atomic E-state index is -0.161. The maximum Gasteiger partial charge on any atom is 0.226 e. The zero-order valence-corrected chi connectivity index (χ0v) is 13.6. The predicted octanol–water partition coefficient (Wildman–Crippen LogP) is 3.28. The number of aromatic amines is 1. The Morgan fingerprint density at radius 3 is 2.92 bits per heavy atom. The van der Waals surface area contributed by atoms with Crippen molar-refractivity contribution in [2.45, 2.75) is 13.8 Å². The lowest BCUT2D eigenvalue weighted by Gasteiger charge is -2.08. The van der Waals surface area contributed by atoms with Crippen LogP contribution in [0.15, 0.2) is 43.0 Å². The largest absolute Gasteiger partial charge is 0.477 e. The van der Waals surface area contributed by atoms with Crippen molar-refractivity contribution < 1.29 is 9.53 Å². The first kappa shape index (κ1) is 15.9. The van der Waals surface area contributed by atoms with E-state index in [2.05, 4.69) is 33.8 Å². The van der Waals surface area contributed by atoms with Gasteiger partial charge in [-0.2, -0.15) is 0 Å². The molecule has 3 heterocycles. The van der Waals surface area contributed by atoms with Crippen molar-refractivity contribution in [3.63, 3.8) is 0 Å². The standard InChI is InChI=1S/C18H18N4O2/c1-12(2)10-24-18-16-13(9-20-17(16)21-11-22-18)6-7-15(23)14-5-3-4-8-19-14/h3-9,11-12H,10H2,1-2H3,(H,20,21,22)/b7-6+. The number of nitrogens with one attached hydrogen (secondary N) is 1. The fourth-order valence-electron chi connectivity index (χ4n) is 2.20. The average molecular weight is 322 g/mol. The van der Waals surface area contributed by atoms with Crippen molar-refractivity contribution in [2.75, 3.05) is 6.61 Å². The zero-order valence-electron chi connectivity index (χ0n) is 13.6. The van der Waals surface area contributed by atoms with Crippen LogP contribution in [-0.4, -0.2) is 32.3 Å². The maximum absolute atomic E-state index is 12.2. The van der Waals surface area contributed by atoms with Gasteiger partial charge in [-0.15, -0.1) is 0 Å². The summed E-state index contributed by atoms with van der Waals surface area (Å²) < 4.78 is 5.77. The van der Waals surface area contributed by atoms with Crippen LogP contribution in [0.4, 0.5) is 0 Å². The van der Waals surface area contributed by atoms with Gasteiger partial charge in [-0.05, 0) is 30.2 Å². The van der Waals surface area contributed by atoms with Crippen LogP contribution in [0.3, 0.4) is 0 Å². The maximum atomic E-state index is 12.2. The fourth-order valence-corrected chi connectivity index (χ4v) is 2.20. The van der Waals surface area contributed by atoms with Gasteiger partial charge in [-0.3, -0.25) is 9.78 Å². The van der Waals surface area contributed by atoms with E-state index in [0.717, 1.165) is 10.9 Å². The third-order valence-corrected chi connectivity index (χ3v) is 3.35. The molecular formula is C18H18N4O2. The molecular weight excluding hydrogens is 304 g/mol. The number of carbonyl (C=O) groups is 1. The molecule has 6 nitrogen and oxygen atoms in total. The molecule has 1 N–H and O–H groups in total. The van der Waals surface area contributed by atoms with Gasteiger partial charge in [0.1, 0.15) is 17.7 Å². The van der Waals surface area contributed by atoms with Crippen LogP contribution in [-0.2, 0) is 0 Å². The van der Waals surface area contributed by atoms with Crippen molar-refractivity contribution in [2.24, 2.45) is 5.92 Å². The second kappa shape index (κ2) is 7.04. The van der Waals surface area contributed by atoms with Crippen molar-refractivity contribution in [3.05, 3.63) is 54.3 Å². The second-order valence-electron chi connectivity index (χ2n) is 5.76. The fraction of sp³-hybridized carbons (Fsp3) is 0.222. The summed E-state index contributed by atoms with van der Waals surface area (Å²) in [4.78, 5) is 27.7. The van der Waals surface area contributed by atoms with Crippen LogP contribution in [0, 0.1) is 5.92 Å². The number of ether oxygens (including phenoxy) is 1. The molecule has 0 aliphatic rings. The molecule has 3 aromatic rings. The SMILES string of the molecule is CC(C)COc1ncnc2[nH]cc(/C=C/C(=O)c3ccccn3)c12. The van der Waals surface area contributed by atoms with Gasteiger partial charge >= 0.3 is 0 Å². The van der Waals surface area contributed by atoms with E-state index in [-0.39, 0.29) is 5.78 Å². The molecule has 0 aliphatic heterocycles. The highest BCUT2D eigenvalue weighted by Crippen LogP contribution is 2.26. The first-order valence-corrected chi connectivity index (χ1v) is 7.73. The van der Waals surface area contributed by atoms with Gasteiger partial charge in [0, 0.05) is 18.0 Å². The van der Waals surface area contributed by atoms with Gasteiger partial charge in [0.15, 0.2) is 0 Å². The number of H-pyrrole nitrogens is 1. The molecule has 3 rings (SSSR count).